The Morgan fingerprint density at radius 2 is 1.92 bits per heavy atom. The van der Waals surface area contributed by atoms with E-state index >= 15 is 4.39 Å². The fraction of sp³-hybridized carbons (Fsp3) is 0.138. The number of H-pyrrole nitrogens is 2. The molecule has 8 heteroatoms. The molecule has 0 bridgehead atoms. The van der Waals surface area contributed by atoms with Gasteiger partial charge in [0.1, 0.15) is 17.3 Å². The number of anilines is 1. The molecule has 37 heavy (non-hydrogen) atoms. The molecule has 2 aromatic carbocycles. The summed E-state index contributed by atoms with van der Waals surface area (Å²) in [5, 5.41) is 11.3. The molecule has 0 radical (unpaired) electrons. The number of allylic oxidation sites excluding steroid dienone is 1. The summed E-state index contributed by atoms with van der Waals surface area (Å²) in [5.41, 5.74) is 4.64. The van der Waals surface area contributed by atoms with Crippen LogP contribution in [0.1, 0.15) is 26.3 Å². The van der Waals surface area contributed by atoms with Gasteiger partial charge in [-0.1, -0.05) is 36.9 Å². The molecule has 0 saturated carbocycles. The van der Waals surface area contributed by atoms with Gasteiger partial charge in [0, 0.05) is 35.1 Å². The van der Waals surface area contributed by atoms with Gasteiger partial charge in [0.05, 0.1) is 27.3 Å². The minimum Gasteiger partial charge on any atom is -0.382 e. The van der Waals surface area contributed by atoms with E-state index in [0.717, 1.165) is 16.8 Å². The van der Waals surface area contributed by atoms with Crippen molar-refractivity contribution in [3.05, 3.63) is 89.5 Å². The van der Waals surface area contributed by atoms with Crippen LogP contribution in [0.4, 0.5) is 14.5 Å². The number of rotatable bonds is 6. The number of aromatic nitrogens is 5. The fourth-order valence-electron chi connectivity index (χ4n) is 4.29. The highest BCUT2D eigenvalue weighted by Gasteiger charge is 2.18. The number of aromatic amines is 2. The standard InChI is InChI=1S/C29H26F2N6/c1-5-23-25(26(31)17(4)19-13-21(15-32-14-19)33-16(2)3)28(37-36-23)29-34-24-11-7-10-22(27(24)35-29)18-8-6-9-20(30)12-18/h5-16,33,36H,4H2,1-3H3,(H,34,35)/b23-5+,26-25-. The van der Waals surface area contributed by atoms with Crippen LogP contribution in [0.15, 0.2) is 67.5 Å². The summed E-state index contributed by atoms with van der Waals surface area (Å²) in [4.78, 5) is 12.2. The zero-order valence-electron chi connectivity index (χ0n) is 20.7. The number of imidazole rings is 1. The number of benzene rings is 2. The minimum absolute atomic E-state index is 0.183. The largest absolute Gasteiger partial charge is 0.382 e. The molecule has 3 aromatic heterocycles. The van der Waals surface area contributed by atoms with Crippen LogP contribution in [-0.4, -0.2) is 31.2 Å². The van der Waals surface area contributed by atoms with E-state index in [1.165, 1.54) is 12.1 Å². The summed E-state index contributed by atoms with van der Waals surface area (Å²) in [5.74, 6) is -0.485. The third-order valence-corrected chi connectivity index (χ3v) is 5.98. The lowest BCUT2D eigenvalue weighted by atomic mass is 10.0. The zero-order valence-corrected chi connectivity index (χ0v) is 20.7. The highest BCUT2D eigenvalue weighted by molar-refractivity contribution is 5.96. The Balaban J connectivity index is 1.66. The van der Waals surface area contributed by atoms with Crippen LogP contribution in [0.25, 0.3) is 51.2 Å². The Morgan fingerprint density at radius 1 is 1.11 bits per heavy atom. The Labute approximate surface area is 212 Å². The van der Waals surface area contributed by atoms with Crippen LogP contribution in [-0.2, 0) is 0 Å². The first kappa shape index (κ1) is 24.1. The van der Waals surface area contributed by atoms with Crippen LogP contribution in [0.3, 0.4) is 0 Å². The predicted octanol–water partition coefficient (Wildman–Crippen LogP) is 5.57. The van der Waals surface area contributed by atoms with Gasteiger partial charge in [-0.15, -0.1) is 0 Å². The summed E-state index contributed by atoms with van der Waals surface area (Å²) in [6.07, 6.45) is 5.01. The molecular weight excluding hydrogens is 470 g/mol. The lowest BCUT2D eigenvalue weighted by Crippen LogP contribution is -2.26. The van der Waals surface area contributed by atoms with E-state index in [2.05, 4.69) is 32.1 Å². The topological polar surface area (TPSA) is 82.3 Å². The predicted molar refractivity (Wildman–Crippen MR) is 145 cm³/mol. The van der Waals surface area contributed by atoms with Gasteiger partial charge in [-0.05, 0) is 50.6 Å². The molecule has 0 unspecified atom stereocenters. The van der Waals surface area contributed by atoms with Crippen LogP contribution < -0.4 is 15.9 Å². The first-order valence-corrected chi connectivity index (χ1v) is 11.9. The number of para-hydroxylation sites is 1. The first-order chi connectivity index (χ1) is 17.9. The maximum absolute atomic E-state index is 16.1. The SMILES string of the molecule is C=C(/C(F)=c1/c(-c2nc3c(-c4cccc(F)c4)cccc3[nH]2)n[nH]/c1=C/C)c1cncc(NC(C)C)c1. The molecule has 6 nitrogen and oxygen atoms in total. The van der Waals surface area contributed by atoms with E-state index in [1.807, 2.05) is 44.2 Å². The van der Waals surface area contributed by atoms with Gasteiger partial charge in [-0.25, -0.2) is 13.8 Å². The molecule has 0 saturated heterocycles. The van der Waals surface area contributed by atoms with Gasteiger partial charge >= 0.3 is 0 Å². The van der Waals surface area contributed by atoms with Gasteiger partial charge < -0.3 is 10.3 Å². The molecular formula is C29H26F2N6. The van der Waals surface area contributed by atoms with Crippen LogP contribution in [0.5, 0.6) is 0 Å². The molecule has 0 aliphatic rings. The number of pyridine rings is 1. The molecule has 3 heterocycles. The molecule has 0 fully saturated rings. The maximum Gasteiger partial charge on any atom is 0.159 e. The molecule has 5 aromatic rings. The Bertz CT molecular complexity index is 1750. The van der Waals surface area contributed by atoms with Crippen molar-refractivity contribution >= 4 is 34.2 Å². The monoisotopic (exact) mass is 496 g/mol. The third kappa shape index (κ3) is 4.65. The van der Waals surface area contributed by atoms with Gasteiger partial charge in [0.25, 0.3) is 0 Å². The third-order valence-electron chi connectivity index (χ3n) is 5.98. The van der Waals surface area contributed by atoms with Crippen molar-refractivity contribution in [2.45, 2.75) is 26.8 Å². The van der Waals surface area contributed by atoms with Crippen molar-refractivity contribution in [1.29, 1.82) is 0 Å². The molecule has 0 aliphatic heterocycles. The maximum atomic E-state index is 16.1. The average molecular weight is 497 g/mol. The van der Waals surface area contributed by atoms with Gasteiger partial charge in [-0.3, -0.25) is 10.1 Å². The molecule has 0 amide bonds. The van der Waals surface area contributed by atoms with Crippen molar-refractivity contribution in [2.75, 3.05) is 5.32 Å². The van der Waals surface area contributed by atoms with E-state index < -0.39 is 5.83 Å². The second-order valence-electron chi connectivity index (χ2n) is 9.00. The number of halogens is 2. The second kappa shape index (κ2) is 9.81. The molecule has 186 valence electrons. The van der Waals surface area contributed by atoms with E-state index in [0.29, 0.717) is 33.5 Å². The van der Waals surface area contributed by atoms with E-state index in [1.54, 1.807) is 31.5 Å². The zero-order chi connectivity index (χ0) is 26.1. The van der Waals surface area contributed by atoms with Gasteiger partial charge in [0.15, 0.2) is 5.82 Å². The highest BCUT2D eigenvalue weighted by atomic mass is 19.1. The lowest BCUT2D eigenvalue weighted by Gasteiger charge is -2.11. The summed E-state index contributed by atoms with van der Waals surface area (Å²) < 4.78 is 30.0. The van der Waals surface area contributed by atoms with Crippen molar-refractivity contribution in [1.82, 2.24) is 25.1 Å². The lowest BCUT2D eigenvalue weighted by molar-refractivity contribution is 0.628. The summed E-state index contributed by atoms with van der Waals surface area (Å²) in [6.45, 7) is 9.84. The summed E-state index contributed by atoms with van der Waals surface area (Å²) >= 11 is 0. The summed E-state index contributed by atoms with van der Waals surface area (Å²) in [7, 11) is 0. The minimum atomic E-state index is -0.536. The number of hydrogen-bond acceptors (Lipinski definition) is 4. The summed E-state index contributed by atoms with van der Waals surface area (Å²) in [6, 6.07) is 14.0. The number of hydrogen-bond donors (Lipinski definition) is 3. The Morgan fingerprint density at radius 3 is 2.68 bits per heavy atom. The van der Waals surface area contributed by atoms with Crippen LogP contribution >= 0.6 is 0 Å². The normalized spacial score (nSPS) is 12.9. The molecule has 3 N–H and O–H groups in total. The van der Waals surface area contributed by atoms with Gasteiger partial charge in [-0.2, -0.15) is 5.10 Å². The van der Waals surface area contributed by atoms with Crippen molar-refractivity contribution in [3.63, 3.8) is 0 Å². The van der Waals surface area contributed by atoms with Gasteiger partial charge in [0.2, 0.25) is 0 Å². The number of nitrogens with zero attached hydrogens (tertiary/aromatic N) is 3. The van der Waals surface area contributed by atoms with Crippen LogP contribution in [0, 0.1) is 5.82 Å². The number of fused-ring (bicyclic) bond motifs is 1. The van der Waals surface area contributed by atoms with Crippen molar-refractivity contribution < 1.29 is 8.78 Å². The van der Waals surface area contributed by atoms with Crippen molar-refractivity contribution in [2.24, 2.45) is 0 Å². The smallest absolute Gasteiger partial charge is 0.159 e. The second-order valence-corrected chi connectivity index (χ2v) is 9.00. The van der Waals surface area contributed by atoms with E-state index in [-0.39, 0.29) is 22.7 Å². The Hall–Kier alpha value is -4.59. The van der Waals surface area contributed by atoms with E-state index in [9.17, 15) is 4.39 Å². The molecule has 0 atom stereocenters. The van der Waals surface area contributed by atoms with Crippen LogP contribution in [0.2, 0.25) is 0 Å². The Kier molecular flexibility index (Phi) is 6.40. The van der Waals surface area contributed by atoms with Crippen molar-refractivity contribution in [3.8, 4) is 22.6 Å². The first-order valence-electron chi connectivity index (χ1n) is 11.9. The fourth-order valence-corrected chi connectivity index (χ4v) is 4.29. The molecule has 0 spiro atoms. The highest BCUT2D eigenvalue weighted by Crippen LogP contribution is 2.30. The average Bonchev–Trinajstić information content (AvgIpc) is 3.51. The molecule has 0 aliphatic carbocycles. The quantitative estimate of drug-likeness (QED) is 0.287. The van der Waals surface area contributed by atoms with E-state index in [4.69, 9.17) is 4.98 Å². The molecule has 5 rings (SSSR count). The number of nitrogens with one attached hydrogen (secondary N) is 3.